The molecule has 88 valence electrons. The van der Waals surface area contributed by atoms with Crippen LogP contribution >= 0.6 is 0 Å². The fourth-order valence-electron chi connectivity index (χ4n) is 2.19. The Kier molecular flexibility index (Phi) is 2.88. The lowest BCUT2D eigenvalue weighted by Gasteiger charge is -2.41. The van der Waals surface area contributed by atoms with Gasteiger partial charge in [0.15, 0.2) is 0 Å². The first-order valence-corrected chi connectivity index (χ1v) is 5.34. The summed E-state index contributed by atoms with van der Waals surface area (Å²) in [7, 11) is 1.69. The van der Waals surface area contributed by atoms with Gasteiger partial charge in [0.05, 0.1) is 20.3 Å². The minimum atomic E-state index is -0.220. The SMILES string of the molecule is COc1c(C)cc(C2(NN)COC2)cc1C. The smallest absolute Gasteiger partial charge is 0.124 e. The van der Waals surface area contributed by atoms with E-state index in [0.29, 0.717) is 13.2 Å². The summed E-state index contributed by atoms with van der Waals surface area (Å²) < 4.78 is 10.6. The normalized spacial score (nSPS) is 18.0. The highest BCUT2D eigenvalue weighted by atomic mass is 16.5. The van der Waals surface area contributed by atoms with Crippen LogP contribution in [-0.2, 0) is 10.3 Å². The zero-order valence-electron chi connectivity index (χ0n) is 9.96. The molecule has 0 radical (unpaired) electrons. The minimum absolute atomic E-state index is 0.220. The van der Waals surface area contributed by atoms with Crippen molar-refractivity contribution in [2.45, 2.75) is 19.4 Å². The Hall–Kier alpha value is -1.10. The zero-order valence-corrected chi connectivity index (χ0v) is 9.96. The van der Waals surface area contributed by atoms with Gasteiger partial charge in [-0.3, -0.25) is 5.84 Å². The van der Waals surface area contributed by atoms with Crippen LogP contribution in [-0.4, -0.2) is 20.3 Å². The Morgan fingerprint density at radius 3 is 2.19 bits per heavy atom. The van der Waals surface area contributed by atoms with Crippen molar-refractivity contribution in [1.82, 2.24) is 5.43 Å². The van der Waals surface area contributed by atoms with Gasteiger partial charge in [0.2, 0.25) is 0 Å². The summed E-state index contributed by atoms with van der Waals surface area (Å²) in [6, 6.07) is 4.21. The standard InChI is InChI=1S/C12H18N2O2/c1-8-4-10(5-9(2)11(8)15-3)12(14-13)6-16-7-12/h4-5,14H,6-7,13H2,1-3H3. The lowest BCUT2D eigenvalue weighted by atomic mass is 9.86. The molecule has 1 aliphatic heterocycles. The Labute approximate surface area is 95.7 Å². The van der Waals surface area contributed by atoms with Crippen LogP contribution in [0.1, 0.15) is 16.7 Å². The molecule has 0 saturated carbocycles. The molecule has 1 saturated heterocycles. The number of nitrogens with two attached hydrogens (primary N) is 1. The van der Waals surface area contributed by atoms with Gasteiger partial charge in [-0.25, -0.2) is 5.43 Å². The predicted molar refractivity (Wildman–Crippen MR) is 62.3 cm³/mol. The summed E-state index contributed by atoms with van der Waals surface area (Å²) in [4.78, 5) is 0. The van der Waals surface area contributed by atoms with Crippen molar-refractivity contribution in [2.75, 3.05) is 20.3 Å². The molecule has 2 rings (SSSR count). The number of nitrogens with one attached hydrogen (secondary N) is 1. The molecule has 1 aromatic carbocycles. The molecule has 16 heavy (non-hydrogen) atoms. The van der Waals surface area contributed by atoms with E-state index < -0.39 is 0 Å². The van der Waals surface area contributed by atoms with Gasteiger partial charge in [0, 0.05) is 0 Å². The third kappa shape index (κ3) is 1.59. The topological polar surface area (TPSA) is 56.5 Å². The summed E-state index contributed by atoms with van der Waals surface area (Å²) in [5.74, 6) is 6.55. The molecule has 0 amide bonds. The maximum absolute atomic E-state index is 5.61. The van der Waals surface area contributed by atoms with Gasteiger partial charge in [0.25, 0.3) is 0 Å². The van der Waals surface area contributed by atoms with E-state index in [-0.39, 0.29) is 5.54 Å². The van der Waals surface area contributed by atoms with E-state index in [0.717, 1.165) is 22.4 Å². The fourth-order valence-corrected chi connectivity index (χ4v) is 2.19. The molecule has 4 heteroatoms. The first-order chi connectivity index (χ1) is 7.63. The second-order valence-corrected chi connectivity index (χ2v) is 4.36. The van der Waals surface area contributed by atoms with Gasteiger partial charge in [-0.05, 0) is 30.5 Å². The van der Waals surface area contributed by atoms with Crippen LogP contribution in [0.5, 0.6) is 5.75 Å². The quantitative estimate of drug-likeness (QED) is 0.592. The van der Waals surface area contributed by atoms with Crippen LogP contribution in [0.25, 0.3) is 0 Å². The van der Waals surface area contributed by atoms with E-state index in [1.165, 1.54) is 0 Å². The molecule has 1 fully saturated rings. The monoisotopic (exact) mass is 222 g/mol. The molecule has 1 heterocycles. The second kappa shape index (κ2) is 4.05. The van der Waals surface area contributed by atoms with E-state index in [2.05, 4.69) is 17.6 Å². The summed E-state index contributed by atoms with van der Waals surface area (Å²) in [6.45, 7) is 5.32. The van der Waals surface area contributed by atoms with Crippen LogP contribution in [0, 0.1) is 13.8 Å². The fraction of sp³-hybridized carbons (Fsp3) is 0.500. The van der Waals surface area contributed by atoms with Gasteiger partial charge in [-0.15, -0.1) is 0 Å². The molecule has 0 atom stereocenters. The van der Waals surface area contributed by atoms with E-state index in [1.54, 1.807) is 7.11 Å². The zero-order chi connectivity index (χ0) is 11.8. The summed E-state index contributed by atoms with van der Waals surface area (Å²) >= 11 is 0. The number of ether oxygens (including phenoxy) is 2. The number of hydrogen-bond donors (Lipinski definition) is 2. The molecule has 1 aliphatic rings. The highest BCUT2D eigenvalue weighted by Crippen LogP contribution is 2.33. The number of benzene rings is 1. The van der Waals surface area contributed by atoms with Crippen LogP contribution in [0.3, 0.4) is 0 Å². The number of methoxy groups -OCH3 is 1. The van der Waals surface area contributed by atoms with Crippen molar-refractivity contribution in [1.29, 1.82) is 0 Å². The summed E-state index contributed by atoms with van der Waals surface area (Å²) in [5, 5.41) is 0. The number of aryl methyl sites for hydroxylation is 2. The lowest BCUT2D eigenvalue weighted by Crippen LogP contribution is -2.60. The third-order valence-corrected chi connectivity index (χ3v) is 3.19. The van der Waals surface area contributed by atoms with Crippen LogP contribution in [0.15, 0.2) is 12.1 Å². The van der Waals surface area contributed by atoms with Gasteiger partial charge in [-0.1, -0.05) is 12.1 Å². The van der Waals surface area contributed by atoms with Crippen LogP contribution in [0.2, 0.25) is 0 Å². The van der Waals surface area contributed by atoms with E-state index >= 15 is 0 Å². The highest BCUT2D eigenvalue weighted by Gasteiger charge is 2.39. The van der Waals surface area contributed by atoms with Crippen molar-refractivity contribution in [3.05, 3.63) is 28.8 Å². The van der Waals surface area contributed by atoms with Crippen LogP contribution < -0.4 is 16.0 Å². The lowest BCUT2D eigenvalue weighted by molar-refractivity contribution is -0.0787. The maximum atomic E-state index is 5.61. The van der Waals surface area contributed by atoms with E-state index in [4.69, 9.17) is 15.3 Å². The Morgan fingerprint density at radius 2 is 1.88 bits per heavy atom. The van der Waals surface area contributed by atoms with Crippen molar-refractivity contribution in [2.24, 2.45) is 5.84 Å². The first kappa shape index (κ1) is 11.4. The van der Waals surface area contributed by atoms with Crippen molar-refractivity contribution >= 4 is 0 Å². The number of rotatable bonds is 3. The van der Waals surface area contributed by atoms with E-state index in [9.17, 15) is 0 Å². The largest absolute Gasteiger partial charge is 0.496 e. The Balaban J connectivity index is 2.43. The van der Waals surface area contributed by atoms with Gasteiger partial charge >= 0.3 is 0 Å². The molecule has 0 unspecified atom stereocenters. The molecule has 4 nitrogen and oxygen atoms in total. The molecular weight excluding hydrogens is 204 g/mol. The summed E-state index contributed by atoms with van der Waals surface area (Å²) in [5.41, 5.74) is 6.05. The minimum Gasteiger partial charge on any atom is -0.496 e. The molecule has 0 spiro atoms. The number of hydrogen-bond acceptors (Lipinski definition) is 4. The Morgan fingerprint density at radius 1 is 1.31 bits per heavy atom. The molecule has 3 N–H and O–H groups in total. The predicted octanol–water partition coefficient (Wildman–Crippen LogP) is 1.00. The maximum Gasteiger partial charge on any atom is 0.124 e. The van der Waals surface area contributed by atoms with Gasteiger partial charge in [0.1, 0.15) is 11.3 Å². The first-order valence-electron chi connectivity index (χ1n) is 5.34. The average Bonchev–Trinajstić information content (AvgIpc) is 2.16. The van der Waals surface area contributed by atoms with Crippen molar-refractivity contribution < 1.29 is 9.47 Å². The van der Waals surface area contributed by atoms with Gasteiger partial charge in [-0.2, -0.15) is 0 Å². The summed E-state index contributed by atoms with van der Waals surface area (Å²) in [6.07, 6.45) is 0. The van der Waals surface area contributed by atoms with Crippen molar-refractivity contribution in [3.8, 4) is 5.75 Å². The van der Waals surface area contributed by atoms with Crippen molar-refractivity contribution in [3.63, 3.8) is 0 Å². The van der Waals surface area contributed by atoms with Crippen LogP contribution in [0.4, 0.5) is 0 Å². The third-order valence-electron chi connectivity index (χ3n) is 3.19. The number of hydrazine groups is 1. The molecule has 1 aromatic rings. The second-order valence-electron chi connectivity index (χ2n) is 4.36. The molecule has 0 aliphatic carbocycles. The van der Waals surface area contributed by atoms with Gasteiger partial charge < -0.3 is 9.47 Å². The Bertz CT molecular complexity index is 371. The average molecular weight is 222 g/mol. The molecular formula is C12H18N2O2. The highest BCUT2D eigenvalue weighted by molar-refractivity contribution is 5.46. The molecule has 0 bridgehead atoms. The van der Waals surface area contributed by atoms with E-state index in [1.807, 2.05) is 13.8 Å². The molecule has 0 aromatic heterocycles.